The van der Waals surface area contributed by atoms with Gasteiger partial charge in [0.2, 0.25) is 0 Å². The van der Waals surface area contributed by atoms with Crippen LogP contribution >= 0.6 is 0 Å². The molecule has 1 aromatic carbocycles. The van der Waals surface area contributed by atoms with Crippen LogP contribution in [0.25, 0.3) is 0 Å². The van der Waals surface area contributed by atoms with E-state index < -0.39 is 9.04 Å². The Morgan fingerprint density at radius 1 is 1.23 bits per heavy atom. The Labute approximate surface area is 82.5 Å². The van der Waals surface area contributed by atoms with Gasteiger partial charge in [0, 0.05) is 7.11 Å². The summed E-state index contributed by atoms with van der Waals surface area (Å²) in [6.45, 7) is 2.25. The Morgan fingerprint density at radius 2 is 1.92 bits per heavy atom. The summed E-state index contributed by atoms with van der Waals surface area (Å²) in [5, 5.41) is 0. The highest BCUT2D eigenvalue weighted by Gasteiger charge is 2.01. The van der Waals surface area contributed by atoms with Crippen molar-refractivity contribution in [3.8, 4) is 0 Å². The number of benzene rings is 1. The zero-order valence-corrected chi connectivity index (χ0v) is 9.65. The Hall–Kier alpha value is -0.603. The van der Waals surface area contributed by atoms with E-state index in [2.05, 4.69) is 36.9 Å². The fourth-order valence-corrected chi connectivity index (χ4v) is 2.37. The number of hydrogen-bond donors (Lipinski definition) is 0. The van der Waals surface area contributed by atoms with E-state index in [0.29, 0.717) is 0 Å². The smallest absolute Gasteiger partial charge is 0.173 e. The van der Waals surface area contributed by atoms with Crippen LogP contribution < -0.4 is 0 Å². The molecule has 0 bridgehead atoms. The molecule has 72 valence electrons. The molecule has 0 amide bonds. The van der Waals surface area contributed by atoms with E-state index in [4.69, 9.17) is 4.43 Å². The molecule has 0 aliphatic rings. The van der Waals surface area contributed by atoms with E-state index in [-0.39, 0.29) is 0 Å². The van der Waals surface area contributed by atoms with Crippen molar-refractivity contribution < 1.29 is 4.43 Å². The summed E-state index contributed by atoms with van der Waals surface area (Å²) in [6, 6.07) is 11.9. The van der Waals surface area contributed by atoms with Gasteiger partial charge in [-0.25, -0.2) is 0 Å². The summed E-state index contributed by atoms with van der Waals surface area (Å²) >= 11 is 0. The molecule has 0 aromatic heterocycles. The lowest BCUT2D eigenvalue weighted by molar-refractivity contribution is 0.422. The van der Waals surface area contributed by atoms with Gasteiger partial charge >= 0.3 is 0 Å². The summed E-state index contributed by atoms with van der Waals surface area (Å²) in [6.07, 6.45) is 2.47. The lowest BCUT2D eigenvalue weighted by Gasteiger charge is -2.06. The highest BCUT2D eigenvalue weighted by Crippen LogP contribution is 2.06. The first-order valence-corrected chi connectivity index (χ1v) is 7.34. The van der Waals surface area contributed by atoms with E-state index in [9.17, 15) is 0 Å². The van der Waals surface area contributed by atoms with Gasteiger partial charge in [-0.05, 0) is 31.0 Å². The lowest BCUT2D eigenvalue weighted by Crippen LogP contribution is -2.09. The molecule has 13 heavy (non-hydrogen) atoms. The molecule has 0 aliphatic carbocycles. The summed E-state index contributed by atoms with van der Waals surface area (Å²) < 4.78 is 5.33. The average Bonchev–Trinajstić information content (AvgIpc) is 2.19. The SMILES string of the molecule is CO[SiH](C)CCCc1ccccc1. The van der Waals surface area contributed by atoms with Crippen molar-refractivity contribution >= 4 is 9.04 Å². The number of aryl methyl sites for hydroxylation is 1. The third-order valence-corrected chi connectivity index (χ3v) is 4.35. The van der Waals surface area contributed by atoms with Crippen LogP contribution in [-0.2, 0) is 10.8 Å². The molecule has 1 aromatic rings. The van der Waals surface area contributed by atoms with Crippen molar-refractivity contribution in [2.24, 2.45) is 0 Å². The fourth-order valence-electron chi connectivity index (χ4n) is 1.36. The molecule has 0 aliphatic heterocycles. The van der Waals surface area contributed by atoms with Gasteiger partial charge in [-0.3, -0.25) is 0 Å². The van der Waals surface area contributed by atoms with E-state index in [0.717, 1.165) is 0 Å². The number of rotatable bonds is 5. The van der Waals surface area contributed by atoms with Gasteiger partial charge in [-0.1, -0.05) is 30.3 Å². The largest absolute Gasteiger partial charge is 0.423 e. The second-order valence-electron chi connectivity index (χ2n) is 3.42. The first-order valence-electron chi connectivity index (χ1n) is 4.89. The molecule has 1 rings (SSSR count). The van der Waals surface area contributed by atoms with Crippen molar-refractivity contribution in [1.82, 2.24) is 0 Å². The third kappa shape index (κ3) is 4.25. The Kier molecular flexibility index (Phi) is 4.79. The van der Waals surface area contributed by atoms with E-state index in [1.54, 1.807) is 0 Å². The quantitative estimate of drug-likeness (QED) is 0.655. The van der Waals surface area contributed by atoms with Gasteiger partial charge < -0.3 is 4.43 Å². The fraction of sp³-hybridized carbons (Fsp3) is 0.455. The normalized spacial score (nSPS) is 12.8. The van der Waals surface area contributed by atoms with Crippen LogP contribution in [0.3, 0.4) is 0 Å². The molecular formula is C11H18OSi. The van der Waals surface area contributed by atoms with Crippen LogP contribution in [0.4, 0.5) is 0 Å². The molecular weight excluding hydrogens is 176 g/mol. The Morgan fingerprint density at radius 3 is 2.54 bits per heavy atom. The van der Waals surface area contributed by atoms with Crippen LogP contribution in [0, 0.1) is 0 Å². The standard InChI is InChI=1S/C11H18OSi/c1-12-13(2)10-6-9-11-7-4-3-5-8-11/h3-5,7-8,13H,6,9-10H2,1-2H3. The highest BCUT2D eigenvalue weighted by atomic mass is 28.3. The molecule has 0 saturated carbocycles. The molecule has 0 heterocycles. The molecule has 1 atom stereocenters. The van der Waals surface area contributed by atoms with Crippen molar-refractivity contribution in [3.63, 3.8) is 0 Å². The predicted octanol–water partition coefficient (Wildman–Crippen LogP) is 2.62. The summed E-state index contributed by atoms with van der Waals surface area (Å²) in [4.78, 5) is 0. The average molecular weight is 194 g/mol. The molecule has 2 heteroatoms. The van der Waals surface area contributed by atoms with Gasteiger partial charge in [0.1, 0.15) is 0 Å². The van der Waals surface area contributed by atoms with E-state index >= 15 is 0 Å². The van der Waals surface area contributed by atoms with Crippen molar-refractivity contribution in [3.05, 3.63) is 35.9 Å². The monoisotopic (exact) mass is 194 g/mol. The maximum absolute atomic E-state index is 5.33. The minimum absolute atomic E-state index is 0.823. The van der Waals surface area contributed by atoms with Gasteiger partial charge in [-0.2, -0.15) is 0 Å². The van der Waals surface area contributed by atoms with Gasteiger partial charge in [0.25, 0.3) is 0 Å². The first-order chi connectivity index (χ1) is 6.33. The molecule has 0 saturated heterocycles. The maximum Gasteiger partial charge on any atom is 0.173 e. The molecule has 1 nitrogen and oxygen atoms in total. The summed E-state index contributed by atoms with van der Waals surface area (Å²) in [5.41, 5.74) is 1.44. The van der Waals surface area contributed by atoms with Gasteiger partial charge in [0.05, 0.1) is 0 Å². The first kappa shape index (κ1) is 10.5. The Bertz CT molecular complexity index is 223. The molecule has 0 fully saturated rings. The minimum Gasteiger partial charge on any atom is -0.423 e. The van der Waals surface area contributed by atoms with Crippen molar-refractivity contribution in [2.75, 3.05) is 7.11 Å². The zero-order valence-electron chi connectivity index (χ0n) is 8.49. The lowest BCUT2D eigenvalue weighted by atomic mass is 10.1. The number of hydrogen-bond acceptors (Lipinski definition) is 1. The molecule has 0 N–H and O–H groups in total. The van der Waals surface area contributed by atoms with Crippen LogP contribution in [-0.4, -0.2) is 16.2 Å². The predicted molar refractivity (Wildman–Crippen MR) is 59.6 cm³/mol. The van der Waals surface area contributed by atoms with E-state index in [1.807, 2.05) is 7.11 Å². The molecule has 1 unspecified atom stereocenters. The summed E-state index contributed by atoms with van der Waals surface area (Å²) in [5.74, 6) is 0. The molecule has 0 spiro atoms. The summed E-state index contributed by atoms with van der Waals surface area (Å²) in [7, 11) is 1.01. The van der Waals surface area contributed by atoms with E-state index in [1.165, 1.54) is 24.4 Å². The van der Waals surface area contributed by atoms with Crippen molar-refractivity contribution in [2.45, 2.75) is 25.4 Å². The second-order valence-corrected chi connectivity index (χ2v) is 6.09. The van der Waals surface area contributed by atoms with Crippen molar-refractivity contribution in [1.29, 1.82) is 0 Å². The van der Waals surface area contributed by atoms with Crippen LogP contribution in [0.1, 0.15) is 12.0 Å². The van der Waals surface area contributed by atoms with Gasteiger partial charge in [-0.15, -0.1) is 0 Å². The topological polar surface area (TPSA) is 9.23 Å². The second kappa shape index (κ2) is 5.94. The zero-order chi connectivity index (χ0) is 9.52. The third-order valence-electron chi connectivity index (χ3n) is 2.32. The highest BCUT2D eigenvalue weighted by molar-refractivity contribution is 6.50. The van der Waals surface area contributed by atoms with Gasteiger partial charge in [0.15, 0.2) is 9.04 Å². The molecule has 0 radical (unpaired) electrons. The Balaban J connectivity index is 2.20. The maximum atomic E-state index is 5.33. The minimum atomic E-state index is -0.823. The van der Waals surface area contributed by atoms with Crippen LogP contribution in [0.5, 0.6) is 0 Å². The van der Waals surface area contributed by atoms with Crippen LogP contribution in [0.15, 0.2) is 30.3 Å². The van der Waals surface area contributed by atoms with Crippen LogP contribution in [0.2, 0.25) is 12.6 Å².